The molecule has 0 aliphatic heterocycles. The minimum atomic E-state index is -0.275. The van der Waals surface area contributed by atoms with Crippen LogP contribution in [-0.4, -0.2) is 25.8 Å². The molecule has 0 aliphatic rings. The Kier molecular flexibility index (Phi) is 5.84. The van der Waals surface area contributed by atoms with Crippen molar-refractivity contribution in [2.45, 2.75) is 44.5 Å². The average Bonchev–Trinajstić information content (AvgIpc) is 3.09. The standard InChI is InChI=1S/C23H23BrN4OS/c1-5-19(22(29)25-17-8-6-16(24)7-9-17)30-23-27-26-20-12-14(3)18-11-13(2)10-15(4)21(18)28(20)23/h6-12,19H,5H2,1-4H3,(H,25,29). The van der Waals surface area contributed by atoms with E-state index in [9.17, 15) is 4.79 Å². The molecule has 0 spiro atoms. The minimum Gasteiger partial charge on any atom is -0.325 e. The summed E-state index contributed by atoms with van der Waals surface area (Å²) < 4.78 is 3.06. The van der Waals surface area contributed by atoms with E-state index in [1.807, 2.05) is 31.2 Å². The molecule has 2 heterocycles. The lowest BCUT2D eigenvalue weighted by Crippen LogP contribution is -2.24. The number of aromatic nitrogens is 3. The third-order valence-electron chi connectivity index (χ3n) is 5.12. The van der Waals surface area contributed by atoms with Crippen molar-refractivity contribution >= 4 is 55.8 Å². The van der Waals surface area contributed by atoms with Gasteiger partial charge in [0.15, 0.2) is 10.8 Å². The fourth-order valence-corrected chi connectivity index (χ4v) is 4.93. The summed E-state index contributed by atoms with van der Waals surface area (Å²) in [4.78, 5) is 12.9. The van der Waals surface area contributed by atoms with Crippen LogP contribution in [0.25, 0.3) is 16.6 Å². The van der Waals surface area contributed by atoms with Crippen LogP contribution in [0.5, 0.6) is 0 Å². The summed E-state index contributed by atoms with van der Waals surface area (Å²) in [5, 5.41) is 13.5. The summed E-state index contributed by atoms with van der Waals surface area (Å²) in [6.07, 6.45) is 0.684. The van der Waals surface area contributed by atoms with Gasteiger partial charge in [-0.05, 0) is 74.7 Å². The zero-order chi connectivity index (χ0) is 21.4. The summed E-state index contributed by atoms with van der Waals surface area (Å²) >= 11 is 4.87. The van der Waals surface area contributed by atoms with Gasteiger partial charge in [-0.1, -0.05) is 46.2 Å². The van der Waals surface area contributed by atoms with Gasteiger partial charge < -0.3 is 5.32 Å². The second-order valence-electron chi connectivity index (χ2n) is 7.49. The van der Waals surface area contributed by atoms with Crippen molar-refractivity contribution in [1.29, 1.82) is 0 Å². The number of benzene rings is 2. The molecule has 30 heavy (non-hydrogen) atoms. The number of nitrogens with one attached hydrogen (secondary N) is 1. The number of fused-ring (bicyclic) bond motifs is 3. The minimum absolute atomic E-state index is 0.0365. The van der Waals surface area contributed by atoms with Crippen molar-refractivity contribution in [2.75, 3.05) is 5.32 Å². The molecular formula is C23H23BrN4OS. The molecule has 0 bridgehead atoms. The summed E-state index contributed by atoms with van der Waals surface area (Å²) in [5.41, 5.74) is 6.26. The molecule has 2 aromatic carbocycles. The highest BCUT2D eigenvalue weighted by Crippen LogP contribution is 2.31. The van der Waals surface area contributed by atoms with Gasteiger partial charge in [0.05, 0.1) is 10.8 Å². The fourth-order valence-electron chi connectivity index (χ4n) is 3.70. The van der Waals surface area contributed by atoms with Gasteiger partial charge in [-0.3, -0.25) is 9.20 Å². The predicted octanol–water partition coefficient (Wildman–Crippen LogP) is 6.08. The molecule has 5 nitrogen and oxygen atoms in total. The van der Waals surface area contributed by atoms with Crippen LogP contribution in [0.15, 0.2) is 52.1 Å². The van der Waals surface area contributed by atoms with E-state index in [4.69, 9.17) is 0 Å². The van der Waals surface area contributed by atoms with Gasteiger partial charge in [0.25, 0.3) is 0 Å². The molecule has 7 heteroatoms. The van der Waals surface area contributed by atoms with Crippen LogP contribution in [0.3, 0.4) is 0 Å². The Hall–Kier alpha value is -2.38. The fraction of sp³-hybridized carbons (Fsp3) is 0.261. The van der Waals surface area contributed by atoms with E-state index in [-0.39, 0.29) is 11.2 Å². The molecule has 0 saturated heterocycles. The first-order chi connectivity index (χ1) is 14.4. The number of rotatable bonds is 5. The molecule has 0 aliphatic carbocycles. The second-order valence-corrected chi connectivity index (χ2v) is 9.58. The SMILES string of the molecule is CCC(Sc1nnc2cc(C)c3cc(C)cc(C)c3n12)C(=O)Nc1ccc(Br)cc1. The van der Waals surface area contributed by atoms with E-state index in [0.717, 1.165) is 26.5 Å². The van der Waals surface area contributed by atoms with Crippen molar-refractivity contribution in [1.82, 2.24) is 14.6 Å². The Labute approximate surface area is 188 Å². The Morgan fingerprint density at radius 2 is 1.83 bits per heavy atom. The first-order valence-corrected chi connectivity index (χ1v) is 11.5. The van der Waals surface area contributed by atoms with Crippen molar-refractivity contribution in [2.24, 2.45) is 0 Å². The highest BCUT2D eigenvalue weighted by Gasteiger charge is 2.22. The number of nitrogens with zero attached hydrogens (tertiary/aromatic N) is 3. The van der Waals surface area contributed by atoms with E-state index >= 15 is 0 Å². The van der Waals surface area contributed by atoms with Crippen molar-refractivity contribution < 1.29 is 4.79 Å². The molecular weight excluding hydrogens is 460 g/mol. The molecule has 0 fully saturated rings. The average molecular weight is 483 g/mol. The van der Waals surface area contributed by atoms with Gasteiger partial charge in [0.1, 0.15) is 0 Å². The lowest BCUT2D eigenvalue weighted by atomic mass is 10.0. The number of carbonyl (C=O) groups is 1. The van der Waals surface area contributed by atoms with Crippen molar-refractivity contribution in [3.63, 3.8) is 0 Å². The number of hydrogen-bond acceptors (Lipinski definition) is 4. The van der Waals surface area contributed by atoms with Crippen LogP contribution in [0.1, 0.15) is 30.0 Å². The van der Waals surface area contributed by atoms with Gasteiger partial charge in [0, 0.05) is 15.5 Å². The lowest BCUT2D eigenvalue weighted by molar-refractivity contribution is -0.115. The van der Waals surface area contributed by atoms with E-state index in [1.54, 1.807) is 0 Å². The second kappa shape index (κ2) is 8.40. The highest BCUT2D eigenvalue weighted by atomic mass is 79.9. The van der Waals surface area contributed by atoms with Gasteiger partial charge >= 0.3 is 0 Å². The predicted molar refractivity (Wildman–Crippen MR) is 127 cm³/mol. The number of hydrogen-bond donors (Lipinski definition) is 1. The van der Waals surface area contributed by atoms with Crippen molar-refractivity contribution in [3.8, 4) is 0 Å². The molecule has 1 atom stereocenters. The maximum absolute atomic E-state index is 12.9. The van der Waals surface area contributed by atoms with Crippen LogP contribution in [0.2, 0.25) is 0 Å². The Morgan fingerprint density at radius 3 is 2.53 bits per heavy atom. The van der Waals surface area contributed by atoms with Crippen LogP contribution >= 0.6 is 27.7 Å². The lowest BCUT2D eigenvalue weighted by Gasteiger charge is -2.15. The zero-order valence-electron chi connectivity index (χ0n) is 17.4. The summed E-state index contributed by atoms with van der Waals surface area (Å²) in [7, 11) is 0. The monoisotopic (exact) mass is 482 g/mol. The molecule has 0 radical (unpaired) electrons. The quantitative estimate of drug-likeness (QED) is 0.350. The smallest absolute Gasteiger partial charge is 0.237 e. The Bertz CT molecular complexity index is 1250. The number of anilines is 1. The summed E-state index contributed by atoms with van der Waals surface area (Å²) in [6, 6.07) is 14.0. The molecule has 1 unspecified atom stereocenters. The number of aryl methyl sites for hydroxylation is 3. The van der Waals surface area contributed by atoms with Crippen molar-refractivity contribution in [3.05, 3.63) is 63.6 Å². The van der Waals surface area contributed by atoms with Crippen LogP contribution in [0.4, 0.5) is 5.69 Å². The van der Waals surface area contributed by atoms with Gasteiger partial charge in [0.2, 0.25) is 5.91 Å². The first kappa shape index (κ1) is 20.9. The number of halogens is 1. The molecule has 4 rings (SSSR count). The highest BCUT2D eigenvalue weighted by molar-refractivity contribution is 9.10. The van der Waals surface area contributed by atoms with Gasteiger partial charge in [-0.25, -0.2) is 0 Å². The summed E-state index contributed by atoms with van der Waals surface area (Å²) in [6.45, 7) is 8.33. The molecule has 2 aromatic heterocycles. The molecule has 154 valence electrons. The molecule has 1 N–H and O–H groups in total. The first-order valence-electron chi connectivity index (χ1n) is 9.86. The van der Waals surface area contributed by atoms with E-state index < -0.39 is 0 Å². The maximum atomic E-state index is 12.9. The molecule has 0 saturated carbocycles. The Morgan fingerprint density at radius 1 is 1.10 bits per heavy atom. The van der Waals surface area contributed by atoms with Gasteiger partial charge in [-0.15, -0.1) is 10.2 Å². The largest absolute Gasteiger partial charge is 0.325 e. The normalized spacial score (nSPS) is 12.4. The summed E-state index contributed by atoms with van der Waals surface area (Å²) in [5.74, 6) is -0.0365. The van der Waals surface area contributed by atoms with Crippen LogP contribution in [0, 0.1) is 20.8 Å². The van der Waals surface area contributed by atoms with E-state index in [1.165, 1.54) is 33.8 Å². The molecule has 4 aromatic rings. The zero-order valence-corrected chi connectivity index (χ0v) is 19.8. The number of amides is 1. The van der Waals surface area contributed by atoms with Gasteiger partial charge in [-0.2, -0.15) is 0 Å². The molecule has 1 amide bonds. The maximum Gasteiger partial charge on any atom is 0.237 e. The number of thioether (sulfide) groups is 1. The van der Waals surface area contributed by atoms with Crippen LogP contribution in [-0.2, 0) is 4.79 Å². The third kappa shape index (κ3) is 3.96. The third-order valence-corrected chi connectivity index (χ3v) is 6.96. The number of pyridine rings is 1. The Balaban J connectivity index is 1.71. The van der Waals surface area contributed by atoms with Crippen LogP contribution < -0.4 is 5.32 Å². The van der Waals surface area contributed by atoms with E-state index in [2.05, 4.69) is 74.8 Å². The number of carbonyl (C=O) groups excluding carboxylic acids is 1. The topological polar surface area (TPSA) is 59.3 Å². The van der Waals surface area contributed by atoms with E-state index in [0.29, 0.717) is 6.42 Å².